The molecule has 0 aliphatic carbocycles. The predicted octanol–water partition coefficient (Wildman–Crippen LogP) is 2.75. The highest BCUT2D eigenvalue weighted by atomic mass is 32.2. The number of fused-ring (bicyclic) bond motifs is 1. The average molecular weight is 449 g/mol. The number of phenolic OH excluding ortho intramolecular Hbond substituents is 1. The van der Waals surface area contributed by atoms with Crippen molar-refractivity contribution in [1.29, 1.82) is 0 Å². The van der Waals surface area contributed by atoms with E-state index in [0.29, 0.717) is 13.2 Å². The summed E-state index contributed by atoms with van der Waals surface area (Å²) in [7, 11) is -2.55. The van der Waals surface area contributed by atoms with Crippen molar-refractivity contribution in [3.63, 3.8) is 0 Å². The Morgan fingerprint density at radius 3 is 2.52 bits per heavy atom. The van der Waals surface area contributed by atoms with Crippen LogP contribution in [0.25, 0.3) is 0 Å². The fraction of sp³-hybridized carbons (Fsp3) is 0.478. The van der Waals surface area contributed by atoms with Crippen molar-refractivity contribution < 1.29 is 22.7 Å². The molecule has 0 saturated carbocycles. The standard InChI is InChI=1S/C23H29FN2O4S/c1-16-12-26(15-31(28)29)23(21-7-4-19(27)10-22(16)21)18-2-5-20(6-3-18)30-9-8-25-13-17(11-24)14-25/h2-7,10,16-17,23,27,31H,8-9,11-15H2,1H3/t16-,23+/m1/s1. The van der Waals surface area contributed by atoms with Gasteiger partial charge in [-0.25, -0.2) is 8.42 Å². The molecule has 6 nitrogen and oxygen atoms in total. The van der Waals surface area contributed by atoms with Gasteiger partial charge in [0, 0.05) is 32.1 Å². The number of thiol groups is 1. The Labute approximate surface area is 184 Å². The van der Waals surface area contributed by atoms with Crippen molar-refractivity contribution >= 4 is 10.7 Å². The number of aromatic hydroxyl groups is 1. The van der Waals surface area contributed by atoms with Gasteiger partial charge in [-0.05, 0) is 46.9 Å². The molecule has 2 atom stereocenters. The second-order valence-electron chi connectivity index (χ2n) is 8.56. The number of hydrogen-bond donors (Lipinski definition) is 2. The minimum Gasteiger partial charge on any atom is -0.508 e. The number of likely N-dealkylation sites (tertiary alicyclic amines) is 1. The van der Waals surface area contributed by atoms with Crippen molar-refractivity contribution in [1.82, 2.24) is 9.80 Å². The normalized spacial score (nSPS) is 22.3. The molecular weight excluding hydrogens is 419 g/mol. The van der Waals surface area contributed by atoms with Crippen LogP contribution in [0.1, 0.15) is 35.6 Å². The summed E-state index contributed by atoms with van der Waals surface area (Å²) in [4.78, 5) is 4.15. The number of alkyl halides is 1. The number of benzene rings is 2. The van der Waals surface area contributed by atoms with Crippen molar-refractivity contribution in [2.24, 2.45) is 5.92 Å². The lowest BCUT2D eigenvalue weighted by atomic mass is 9.83. The second kappa shape index (κ2) is 9.54. The number of phenols is 1. The number of halogens is 1. The largest absolute Gasteiger partial charge is 0.508 e. The molecule has 2 aromatic carbocycles. The number of rotatable bonds is 8. The topological polar surface area (TPSA) is 70.1 Å². The van der Waals surface area contributed by atoms with Crippen LogP contribution in [0.3, 0.4) is 0 Å². The first kappa shape index (κ1) is 22.0. The highest BCUT2D eigenvalue weighted by molar-refractivity contribution is 7.72. The molecule has 4 rings (SSSR count). The molecule has 168 valence electrons. The summed E-state index contributed by atoms with van der Waals surface area (Å²) in [6.07, 6.45) is 0. The fourth-order valence-corrected chi connectivity index (χ4v) is 5.24. The smallest absolute Gasteiger partial charge is 0.153 e. The highest BCUT2D eigenvalue weighted by Crippen LogP contribution is 2.41. The van der Waals surface area contributed by atoms with Crippen molar-refractivity contribution in [3.05, 3.63) is 59.2 Å². The maximum atomic E-state index is 12.5. The first-order valence-corrected chi connectivity index (χ1v) is 12.0. The molecule has 2 aliphatic heterocycles. The summed E-state index contributed by atoms with van der Waals surface area (Å²) in [5.41, 5.74) is 3.04. The predicted molar refractivity (Wildman–Crippen MR) is 118 cm³/mol. The van der Waals surface area contributed by atoms with Gasteiger partial charge in [0.1, 0.15) is 18.1 Å². The summed E-state index contributed by atoms with van der Waals surface area (Å²) < 4.78 is 41.4. The maximum absolute atomic E-state index is 12.5. The molecule has 0 unspecified atom stereocenters. The van der Waals surface area contributed by atoms with E-state index in [1.807, 2.05) is 42.2 Å². The Morgan fingerprint density at radius 1 is 1.10 bits per heavy atom. The van der Waals surface area contributed by atoms with E-state index in [9.17, 15) is 17.9 Å². The first-order valence-electron chi connectivity index (χ1n) is 10.6. The van der Waals surface area contributed by atoms with Gasteiger partial charge in [0.15, 0.2) is 10.7 Å². The lowest BCUT2D eigenvalue weighted by Crippen LogP contribution is -2.49. The van der Waals surface area contributed by atoms with Gasteiger partial charge in [-0.15, -0.1) is 0 Å². The zero-order valence-electron chi connectivity index (χ0n) is 17.6. The van der Waals surface area contributed by atoms with Gasteiger partial charge in [-0.3, -0.25) is 14.2 Å². The quantitative estimate of drug-likeness (QED) is 0.606. The van der Waals surface area contributed by atoms with Crippen molar-refractivity contribution in [2.75, 3.05) is 45.3 Å². The molecule has 0 amide bonds. The molecule has 31 heavy (non-hydrogen) atoms. The Bertz CT molecular complexity index is 968. The highest BCUT2D eigenvalue weighted by Gasteiger charge is 2.33. The molecule has 2 aliphatic rings. The van der Waals surface area contributed by atoms with Crippen LogP contribution in [-0.4, -0.2) is 68.7 Å². The summed E-state index contributed by atoms with van der Waals surface area (Å²) >= 11 is 0. The summed E-state index contributed by atoms with van der Waals surface area (Å²) in [5, 5.41) is 9.93. The van der Waals surface area contributed by atoms with Crippen LogP contribution in [-0.2, 0) is 10.7 Å². The molecule has 2 heterocycles. The van der Waals surface area contributed by atoms with E-state index in [4.69, 9.17) is 4.74 Å². The third-order valence-electron chi connectivity index (χ3n) is 6.19. The van der Waals surface area contributed by atoms with Gasteiger partial charge >= 0.3 is 0 Å². The molecule has 1 N–H and O–H groups in total. The Kier molecular flexibility index (Phi) is 6.79. The van der Waals surface area contributed by atoms with Gasteiger partial charge in [-0.1, -0.05) is 25.1 Å². The van der Waals surface area contributed by atoms with E-state index in [1.165, 1.54) is 0 Å². The first-order chi connectivity index (χ1) is 14.9. The lowest BCUT2D eigenvalue weighted by Gasteiger charge is -2.39. The molecule has 0 bridgehead atoms. The minimum atomic E-state index is -2.55. The summed E-state index contributed by atoms with van der Waals surface area (Å²) in [5.74, 6) is 1.25. The van der Waals surface area contributed by atoms with E-state index in [1.54, 1.807) is 12.1 Å². The van der Waals surface area contributed by atoms with Crippen LogP contribution >= 0.6 is 0 Å². The van der Waals surface area contributed by atoms with E-state index in [-0.39, 0.29) is 36.2 Å². The maximum Gasteiger partial charge on any atom is 0.153 e. The molecule has 2 aromatic rings. The number of nitrogens with zero attached hydrogens (tertiary/aromatic N) is 2. The Hall–Kier alpha value is -2.16. The summed E-state index contributed by atoms with van der Waals surface area (Å²) in [6.45, 7) is 5.31. The molecule has 0 radical (unpaired) electrons. The van der Waals surface area contributed by atoms with Gasteiger partial charge in [0.2, 0.25) is 0 Å². The molecule has 0 spiro atoms. The van der Waals surface area contributed by atoms with Gasteiger partial charge < -0.3 is 9.84 Å². The SMILES string of the molecule is C[C@@H]1CN(C[SH](=O)=O)[C@@H](c2ccc(OCCN3CC(CF)C3)cc2)c2ccc(O)cc21. The fourth-order valence-electron chi connectivity index (χ4n) is 4.66. The molecule has 8 heteroatoms. The molecule has 1 saturated heterocycles. The number of hydrogen-bond acceptors (Lipinski definition) is 6. The van der Waals surface area contributed by atoms with Crippen LogP contribution in [0.2, 0.25) is 0 Å². The van der Waals surface area contributed by atoms with Gasteiger partial charge in [-0.2, -0.15) is 0 Å². The zero-order valence-corrected chi connectivity index (χ0v) is 18.5. The lowest BCUT2D eigenvalue weighted by molar-refractivity contribution is 0.0668. The van der Waals surface area contributed by atoms with Crippen LogP contribution in [0, 0.1) is 5.92 Å². The van der Waals surface area contributed by atoms with Crippen molar-refractivity contribution in [2.45, 2.75) is 18.9 Å². The van der Waals surface area contributed by atoms with Gasteiger partial charge in [0.05, 0.1) is 18.6 Å². The Balaban J connectivity index is 1.48. The minimum absolute atomic E-state index is 0.0153. The molecular formula is C23H29FN2O4S. The van der Waals surface area contributed by atoms with E-state index in [0.717, 1.165) is 42.1 Å². The average Bonchev–Trinajstić information content (AvgIpc) is 2.70. The third-order valence-corrected chi connectivity index (χ3v) is 6.78. The van der Waals surface area contributed by atoms with Crippen LogP contribution < -0.4 is 4.74 Å². The Morgan fingerprint density at radius 2 is 1.84 bits per heavy atom. The van der Waals surface area contributed by atoms with Crippen LogP contribution in [0.15, 0.2) is 42.5 Å². The summed E-state index contributed by atoms with van der Waals surface area (Å²) in [6, 6.07) is 12.9. The molecule has 0 aromatic heterocycles. The van der Waals surface area contributed by atoms with Crippen LogP contribution in [0.4, 0.5) is 4.39 Å². The second-order valence-corrected chi connectivity index (χ2v) is 9.51. The zero-order chi connectivity index (χ0) is 22.0. The molecule has 1 fully saturated rings. The monoisotopic (exact) mass is 448 g/mol. The van der Waals surface area contributed by atoms with Crippen molar-refractivity contribution in [3.8, 4) is 11.5 Å². The van der Waals surface area contributed by atoms with E-state index >= 15 is 0 Å². The van der Waals surface area contributed by atoms with Crippen LogP contribution in [0.5, 0.6) is 11.5 Å². The van der Waals surface area contributed by atoms with E-state index in [2.05, 4.69) is 4.90 Å². The third kappa shape index (κ3) is 5.02. The number of ether oxygens (including phenoxy) is 1. The van der Waals surface area contributed by atoms with E-state index < -0.39 is 10.7 Å². The van der Waals surface area contributed by atoms with Gasteiger partial charge in [0.25, 0.3) is 0 Å².